The van der Waals surface area contributed by atoms with Gasteiger partial charge in [0, 0.05) is 98.2 Å². The van der Waals surface area contributed by atoms with Gasteiger partial charge in [0.05, 0.1) is 67.0 Å². The number of halogens is 1. The van der Waals surface area contributed by atoms with Gasteiger partial charge in [0.15, 0.2) is 11.6 Å². The first kappa shape index (κ1) is 65.0. The van der Waals surface area contributed by atoms with Crippen LogP contribution in [0.1, 0.15) is 160 Å². The molecule has 460 valence electrons. The number of nitrogen functional groups attached to an aromatic ring is 1. The predicted octanol–water partition coefficient (Wildman–Crippen LogP) is 13.7. The van der Waals surface area contributed by atoms with Crippen LogP contribution in [-0.2, 0) is 33.1 Å². The zero-order chi connectivity index (χ0) is 63.2. The molecule has 2 saturated heterocycles. The van der Waals surface area contributed by atoms with E-state index in [-0.39, 0.29) is 52.0 Å². The maximum Gasteiger partial charge on any atom is 0.410 e. The van der Waals surface area contributed by atoms with Crippen LogP contribution < -0.4 is 11.1 Å². The van der Waals surface area contributed by atoms with E-state index in [2.05, 4.69) is 120 Å². The number of ketones is 2. The Kier molecular flexibility index (Phi) is 20.2. The fourth-order valence-electron chi connectivity index (χ4n) is 9.07. The number of benzene rings is 2. The van der Waals surface area contributed by atoms with Crippen molar-refractivity contribution in [3.8, 4) is 22.5 Å². The summed E-state index contributed by atoms with van der Waals surface area (Å²) in [4.78, 5) is 80.2. The van der Waals surface area contributed by atoms with Crippen LogP contribution in [0.3, 0.4) is 0 Å². The number of hydrogen-bond donors (Lipinski definition) is 2. The van der Waals surface area contributed by atoms with E-state index in [1.807, 2.05) is 76.7 Å². The molecule has 3 N–H and O–H groups in total. The van der Waals surface area contributed by atoms with Gasteiger partial charge >= 0.3 is 12.2 Å². The third kappa shape index (κ3) is 18.1. The molecule has 8 aromatic rings. The smallest absolute Gasteiger partial charge is 0.410 e. The van der Waals surface area contributed by atoms with Gasteiger partial charge < -0.3 is 30.3 Å². The number of amides is 2. The molecule has 2 amide bonds. The average molecular weight is 1240 g/mol. The van der Waals surface area contributed by atoms with Crippen molar-refractivity contribution in [3.05, 3.63) is 145 Å². The van der Waals surface area contributed by atoms with E-state index in [1.165, 1.54) is 22.7 Å². The van der Waals surface area contributed by atoms with Crippen molar-refractivity contribution in [2.24, 2.45) is 0 Å². The Bertz CT molecular complexity index is 3720. The first-order chi connectivity index (χ1) is 40.8. The summed E-state index contributed by atoms with van der Waals surface area (Å²) in [6, 6.07) is 16.4. The SMILES string of the molecule is CC(C)(C)OC(=O)N1CC(n2cc(N)cn2)C1.Cc1cc(-c2ccnc(Cl)n2)ccc1CCC(=O)c1cnc(C(C)(C)C)s1.Cc1cc(-c2ccnc(Nc3cnn(C4CN(C(=O)OC(C)(C)C)C4)c3)n2)ccc1CCC(=O)c1cnc(C(C)(C)C)s1. The minimum absolute atomic E-state index is 0.0283. The molecule has 0 aliphatic carbocycles. The second-order valence-electron chi connectivity index (χ2n) is 25.8. The third-order valence-electron chi connectivity index (χ3n) is 13.9. The molecule has 0 unspecified atom stereocenters. The molecule has 2 aromatic carbocycles. The number of nitrogens with one attached hydrogen (secondary N) is 1. The van der Waals surface area contributed by atoms with Gasteiger partial charge in [-0.2, -0.15) is 10.2 Å². The molecule has 23 heteroatoms. The van der Waals surface area contributed by atoms with Gasteiger partial charge in [-0.15, -0.1) is 22.7 Å². The van der Waals surface area contributed by atoms with Crippen LogP contribution in [0.25, 0.3) is 22.5 Å². The highest BCUT2D eigenvalue weighted by atomic mass is 35.5. The van der Waals surface area contributed by atoms with Crippen molar-refractivity contribution in [2.45, 2.75) is 157 Å². The van der Waals surface area contributed by atoms with E-state index in [0.717, 1.165) is 70.2 Å². The number of rotatable bonds is 14. The van der Waals surface area contributed by atoms with E-state index in [1.54, 1.807) is 57.9 Å². The summed E-state index contributed by atoms with van der Waals surface area (Å²) in [5.41, 5.74) is 14.0. The number of nitrogens with two attached hydrogens (primary N) is 1. The molecular weight excluding hydrogens is 1160 g/mol. The van der Waals surface area contributed by atoms with Crippen molar-refractivity contribution in [2.75, 3.05) is 37.2 Å². The van der Waals surface area contributed by atoms with Crippen LogP contribution in [0.5, 0.6) is 0 Å². The number of hydrogen-bond acceptors (Lipinski definition) is 18. The Morgan fingerprint density at radius 1 is 0.598 bits per heavy atom. The number of ether oxygens (including phenoxy) is 2. The number of anilines is 3. The first-order valence-electron chi connectivity index (χ1n) is 28.9. The zero-order valence-electron chi connectivity index (χ0n) is 52.1. The molecule has 2 aliphatic rings. The molecule has 0 spiro atoms. The van der Waals surface area contributed by atoms with Gasteiger partial charge in [0.2, 0.25) is 11.2 Å². The second kappa shape index (κ2) is 27.0. The number of carbonyl (C=O) groups is 4. The monoisotopic (exact) mass is 1240 g/mol. The van der Waals surface area contributed by atoms with Crippen LogP contribution in [0.4, 0.5) is 26.9 Å². The van der Waals surface area contributed by atoms with E-state index in [4.69, 9.17) is 31.8 Å². The molecular formula is C64H79ClN14O6S2. The normalized spacial score (nSPS) is 13.8. The highest BCUT2D eigenvalue weighted by molar-refractivity contribution is 7.14. The topological polar surface area (TPSA) is 244 Å². The lowest BCUT2D eigenvalue weighted by atomic mass is 9.98. The molecule has 87 heavy (non-hydrogen) atoms. The number of Topliss-reactive ketones (excluding diaryl/α,β-unsaturated/α-hetero) is 2. The Hall–Kier alpha value is -7.95. The van der Waals surface area contributed by atoms with Gasteiger partial charge in [-0.3, -0.25) is 19.0 Å². The summed E-state index contributed by atoms with van der Waals surface area (Å²) in [7, 11) is 0. The van der Waals surface area contributed by atoms with Gasteiger partial charge in [0.1, 0.15) is 11.2 Å². The lowest BCUT2D eigenvalue weighted by molar-refractivity contribution is -0.00121. The minimum Gasteiger partial charge on any atom is -0.444 e. The van der Waals surface area contributed by atoms with Gasteiger partial charge in [-0.05, 0) is 126 Å². The largest absolute Gasteiger partial charge is 0.444 e. The molecule has 0 saturated carbocycles. The van der Waals surface area contributed by atoms with Crippen LogP contribution in [0.2, 0.25) is 5.28 Å². The van der Waals surface area contributed by atoms with Gasteiger partial charge in [-0.25, -0.2) is 39.5 Å². The van der Waals surface area contributed by atoms with E-state index < -0.39 is 11.2 Å². The number of thiazole rings is 2. The standard InChI is InChI=1S/C32H39N7O3S.C21H22ClN3OS.C11H18N4O2/c1-20-14-22(9-8-21(20)10-11-26(40)27-16-34-28(43-27)31(2,3)4)25-12-13-33-29(37-25)36-23-15-35-39(17-23)24-18-38(19-24)30(41)42-32(5,6)7;1-13-11-15(16-9-10-23-20(22)25-16)6-5-14(13)7-8-17(26)18-12-24-19(27-18)21(2,3)4;1-11(2,3)17-10(16)14-6-9(7-14)15-5-8(12)4-13-15/h8-9,12-17,24H,10-11,18-19H2,1-7H3,(H,33,36,37);5-6,9-12H,7-8H2,1-4H3;4-5,9H,6-7,12H2,1-3H3. The van der Waals surface area contributed by atoms with Crippen molar-refractivity contribution < 1.29 is 28.7 Å². The molecule has 6 aromatic heterocycles. The molecule has 2 aliphatic heterocycles. The van der Waals surface area contributed by atoms with Crippen LogP contribution in [0.15, 0.2) is 98.1 Å². The quantitative estimate of drug-likeness (QED) is 0.0759. The van der Waals surface area contributed by atoms with E-state index in [0.29, 0.717) is 63.5 Å². The van der Waals surface area contributed by atoms with Crippen LogP contribution >= 0.6 is 34.3 Å². The lowest BCUT2D eigenvalue weighted by Gasteiger charge is -2.39. The van der Waals surface area contributed by atoms with Gasteiger partial charge in [-0.1, -0.05) is 65.8 Å². The third-order valence-corrected chi connectivity index (χ3v) is 17.0. The average Bonchev–Trinajstić information content (AvgIpc) is 2.61. The molecule has 2 fully saturated rings. The fraction of sp³-hybridized carbons (Fsp3) is 0.438. The van der Waals surface area contributed by atoms with Crippen molar-refractivity contribution >= 4 is 75.4 Å². The minimum atomic E-state index is -0.514. The lowest BCUT2D eigenvalue weighted by Crippen LogP contribution is -2.52. The predicted molar refractivity (Wildman–Crippen MR) is 342 cm³/mol. The van der Waals surface area contributed by atoms with E-state index >= 15 is 0 Å². The number of likely N-dealkylation sites (tertiary alicyclic amines) is 2. The fourth-order valence-corrected chi connectivity index (χ4v) is 11.1. The maximum atomic E-state index is 12.8. The molecule has 8 heterocycles. The van der Waals surface area contributed by atoms with Crippen LogP contribution in [-0.4, -0.2) is 120 Å². The van der Waals surface area contributed by atoms with E-state index in [9.17, 15) is 19.2 Å². The molecule has 0 bridgehead atoms. The summed E-state index contributed by atoms with van der Waals surface area (Å²) in [5, 5.41) is 14.0. The molecule has 10 rings (SSSR count). The second-order valence-corrected chi connectivity index (χ2v) is 28.2. The van der Waals surface area contributed by atoms with Crippen molar-refractivity contribution in [1.29, 1.82) is 0 Å². The Balaban J connectivity index is 0.000000189. The zero-order valence-corrected chi connectivity index (χ0v) is 54.5. The summed E-state index contributed by atoms with van der Waals surface area (Å²) >= 11 is 8.87. The summed E-state index contributed by atoms with van der Waals surface area (Å²) < 4.78 is 14.3. The van der Waals surface area contributed by atoms with Crippen molar-refractivity contribution in [1.82, 2.24) is 59.3 Å². The molecule has 0 radical (unpaired) electrons. The number of aryl methyl sites for hydroxylation is 4. The molecule has 20 nitrogen and oxygen atoms in total. The van der Waals surface area contributed by atoms with Crippen LogP contribution in [0, 0.1) is 13.8 Å². The Morgan fingerprint density at radius 2 is 1.05 bits per heavy atom. The number of nitrogens with zero attached hydrogens (tertiary/aromatic N) is 12. The number of aromatic nitrogens is 10. The Labute approximate surface area is 522 Å². The number of carbonyl (C=O) groups excluding carboxylic acids is 4. The first-order valence-corrected chi connectivity index (χ1v) is 30.9. The highest BCUT2D eigenvalue weighted by Gasteiger charge is 2.36. The Morgan fingerprint density at radius 3 is 1.46 bits per heavy atom. The highest BCUT2D eigenvalue weighted by Crippen LogP contribution is 2.32. The maximum absolute atomic E-state index is 12.8. The van der Waals surface area contributed by atoms with Gasteiger partial charge in [0.25, 0.3) is 0 Å². The summed E-state index contributed by atoms with van der Waals surface area (Å²) in [6.07, 6.45) is 15.5. The molecule has 0 atom stereocenters. The van der Waals surface area contributed by atoms with Crippen molar-refractivity contribution in [3.63, 3.8) is 0 Å². The summed E-state index contributed by atoms with van der Waals surface area (Å²) in [5.74, 6) is 0.741. The summed E-state index contributed by atoms with van der Waals surface area (Å²) in [6.45, 7) is 30.2.